The zero-order chi connectivity index (χ0) is 10.0. The van der Waals surface area contributed by atoms with Crippen molar-refractivity contribution in [1.82, 2.24) is 0 Å². The minimum Gasteiger partial charge on any atom is -0.452 e. The summed E-state index contributed by atoms with van der Waals surface area (Å²) in [4.78, 5) is 11.5. The van der Waals surface area contributed by atoms with Crippen LogP contribution in [0.2, 0.25) is 0 Å². The smallest absolute Gasteiger partial charge is 0.214 e. The summed E-state index contributed by atoms with van der Waals surface area (Å²) >= 11 is 9.51. The van der Waals surface area contributed by atoms with Crippen molar-refractivity contribution in [1.29, 1.82) is 0 Å². The highest BCUT2D eigenvalue weighted by Gasteiger charge is 2.13. The van der Waals surface area contributed by atoms with Crippen molar-refractivity contribution in [2.45, 2.75) is 19.8 Å². The highest BCUT2D eigenvalue weighted by Crippen LogP contribution is 2.25. The molecular weight excluding hydrogens is 368 g/mol. The molecule has 13 heavy (non-hydrogen) atoms. The van der Waals surface area contributed by atoms with E-state index in [-0.39, 0.29) is 5.43 Å². The molecule has 0 radical (unpaired) electrons. The summed E-state index contributed by atoms with van der Waals surface area (Å²) in [5.74, 6) is 0.683. The summed E-state index contributed by atoms with van der Waals surface area (Å²) in [6.45, 7) is 2.03. The van der Waals surface area contributed by atoms with Crippen LogP contribution in [0, 0.1) is 0 Å². The third-order valence-electron chi connectivity index (χ3n) is 1.51. The van der Waals surface area contributed by atoms with Crippen molar-refractivity contribution in [3.05, 3.63) is 29.6 Å². The fourth-order valence-corrected chi connectivity index (χ4v) is 2.30. The van der Waals surface area contributed by atoms with Crippen LogP contribution in [0.15, 0.2) is 22.8 Å². The molecule has 0 amide bonds. The van der Waals surface area contributed by atoms with Crippen molar-refractivity contribution in [2.24, 2.45) is 0 Å². The van der Waals surface area contributed by atoms with E-state index in [1.807, 2.05) is 6.92 Å². The Kier molecular flexibility index (Phi) is 4.19. The molecule has 0 aromatic carbocycles. The number of rotatable bonds is 2. The molecule has 1 aromatic rings. The first-order valence-corrected chi connectivity index (χ1v) is 6.12. The Bertz CT molecular complexity index is 370. The summed E-state index contributed by atoms with van der Waals surface area (Å²) in [6.07, 6.45) is 1.69. The Balaban J connectivity index is 3.32. The summed E-state index contributed by atoms with van der Waals surface area (Å²) < 4.78 is 6.75. The quantitative estimate of drug-likeness (QED) is 0.786. The van der Waals surface area contributed by atoms with Gasteiger partial charge in [-0.1, -0.05) is 6.92 Å². The Morgan fingerprint density at radius 3 is 2.38 bits per heavy atom. The highest BCUT2D eigenvalue weighted by molar-refractivity contribution is 9.13. The topological polar surface area (TPSA) is 30.2 Å². The number of halogens is 3. The normalized spacial score (nSPS) is 10.5. The van der Waals surface area contributed by atoms with Gasteiger partial charge in [0.05, 0.1) is 0 Å². The van der Waals surface area contributed by atoms with Gasteiger partial charge in [-0.2, -0.15) is 0 Å². The second kappa shape index (κ2) is 4.75. The van der Waals surface area contributed by atoms with Gasteiger partial charge >= 0.3 is 0 Å². The van der Waals surface area contributed by atoms with Crippen LogP contribution < -0.4 is 5.43 Å². The number of aryl methyl sites for hydroxylation is 1. The average Bonchev–Trinajstić information content (AvgIpc) is 2.11. The molecule has 0 fully saturated rings. The lowest BCUT2D eigenvalue weighted by molar-refractivity contribution is 0.457. The van der Waals surface area contributed by atoms with Crippen LogP contribution in [0.3, 0.4) is 0 Å². The van der Waals surface area contributed by atoms with E-state index in [0.717, 1.165) is 12.8 Å². The zero-order valence-electron chi connectivity index (χ0n) is 6.86. The second-order valence-electron chi connectivity index (χ2n) is 2.51. The van der Waals surface area contributed by atoms with Gasteiger partial charge in [-0.25, -0.2) is 0 Å². The van der Waals surface area contributed by atoms with Gasteiger partial charge in [0.1, 0.15) is 14.7 Å². The van der Waals surface area contributed by atoms with Gasteiger partial charge in [0, 0.05) is 6.42 Å². The second-order valence-corrected chi connectivity index (χ2v) is 4.81. The van der Waals surface area contributed by atoms with Gasteiger partial charge in [0.15, 0.2) is 4.67 Å². The van der Waals surface area contributed by atoms with Crippen molar-refractivity contribution in [2.75, 3.05) is 0 Å². The average molecular weight is 375 g/mol. The summed E-state index contributed by atoms with van der Waals surface area (Å²) in [6, 6.07) is 0. The maximum atomic E-state index is 11.5. The van der Waals surface area contributed by atoms with Crippen molar-refractivity contribution < 1.29 is 4.42 Å². The fraction of sp³-hybridized carbons (Fsp3) is 0.375. The summed E-state index contributed by atoms with van der Waals surface area (Å²) in [7, 11) is 0. The van der Waals surface area contributed by atoms with E-state index < -0.39 is 0 Å². The first-order valence-electron chi connectivity index (χ1n) is 3.74. The Hall–Kier alpha value is 0.390. The molecule has 0 spiro atoms. The third-order valence-corrected chi connectivity index (χ3v) is 4.12. The zero-order valence-corrected chi connectivity index (χ0v) is 11.6. The van der Waals surface area contributed by atoms with Crippen LogP contribution in [0.1, 0.15) is 19.1 Å². The molecule has 0 saturated carbocycles. The fourth-order valence-electron chi connectivity index (χ4n) is 0.898. The maximum Gasteiger partial charge on any atom is 0.214 e. The Labute approximate surface area is 101 Å². The van der Waals surface area contributed by atoms with E-state index in [4.69, 9.17) is 4.42 Å². The number of hydrogen-bond acceptors (Lipinski definition) is 2. The first kappa shape index (κ1) is 11.5. The van der Waals surface area contributed by atoms with Gasteiger partial charge in [-0.05, 0) is 54.2 Å². The van der Waals surface area contributed by atoms with Crippen LogP contribution in [-0.2, 0) is 6.42 Å². The van der Waals surface area contributed by atoms with Crippen molar-refractivity contribution in [3.8, 4) is 0 Å². The van der Waals surface area contributed by atoms with E-state index in [1.54, 1.807) is 0 Å². The van der Waals surface area contributed by atoms with Crippen LogP contribution in [-0.4, -0.2) is 0 Å². The first-order chi connectivity index (χ1) is 6.07. The molecular formula is C8H7Br3O2. The van der Waals surface area contributed by atoms with E-state index in [0.29, 0.717) is 19.4 Å². The molecule has 5 heteroatoms. The lowest BCUT2D eigenvalue weighted by Gasteiger charge is -2.03. The van der Waals surface area contributed by atoms with Gasteiger partial charge in [-0.15, -0.1) is 0 Å². The van der Waals surface area contributed by atoms with E-state index in [9.17, 15) is 4.79 Å². The summed E-state index contributed by atoms with van der Waals surface area (Å²) in [5, 5.41) is 0. The largest absolute Gasteiger partial charge is 0.452 e. The molecule has 0 aliphatic heterocycles. The maximum absolute atomic E-state index is 11.5. The molecule has 1 rings (SSSR count). The third kappa shape index (κ3) is 2.44. The molecule has 2 nitrogen and oxygen atoms in total. The Morgan fingerprint density at radius 2 is 1.85 bits per heavy atom. The molecule has 0 bridgehead atoms. The van der Waals surface area contributed by atoms with E-state index >= 15 is 0 Å². The highest BCUT2D eigenvalue weighted by atomic mass is 79.9. The lowest BCUT2D eigenvalue weighted by atomic mass is 10.2. The van der Waals surface area contributed by atoms with Crippen molar-refractivity contribution >= 4 is 47.8 Å². The van der Waals surface area contributed by atoms with Gasteiger partial charge in [0.25, 0.3) is 0 Å². The monoisotopic (exact) mass is 372 g/mol. The molecule has 0 atom stereocenters. The van der Waals surface area contributed by atoms with Crippen molar-refractivity contribution in [3.63, 3.8) is 0 Å². The molecule has 0 aliphatic rings. The predicted molar refractivity (Wildman–Crippen MR) is 62.1 cm³/mol. The lowest BCUT2D eigenvalue weighted by Crippen LogP contribution is -2.06. The van der Waals surface area contributed by atoms with Gasteiger partial charge in [0.2, 0.25) is 5.43 Å². The summed E-state index contributed by atoms with van der Waals surface area (Å²) in [5.41, 5.74) is -0.0819. The minimum atomic E-state index is -0.0819. The van der Waals surface area contributed by atoms with Gasteiger partial charge < -0.3 is 4.42 Å². The molecule has 0 N–H and O–H groups in total. The Morgan fingerprint density at radius 1 is 1.23 bits per heavy atom. The molecule has 0 saturated heterocycles. The SMILES string of the molecule is CCCc1oc(Br)c(Br)c(=O)c1Br. The van der Waals surface area contributed by atoms with E-state index in [2.05, 4.69) is 47.8 Å². The van der Waals surface area contributed by atoms with Crippen LogP contribution >= 0.6 is 47.8 Å². The van der Waals surface area contributed by atoms with E-state index in [1.165, 1.54) is 0 Å². The van der Waals surface area contributed by atoms with Crippen LogP contribution in [0.4, 0.5) is 0 Å². The predicted octanol–water partition coefficient (Wildman–Crippen LogP) is 3.88. The minimum absolute atomic E-state index is 0.0819. The van der Waals surface area contributed by atoms with Gasteiger partial charge in [-0.3, -0.25) is 4.79 Å². The molecule has 1 aromatic heterocycles. The molecule has 72 valence electrons. The van der Waals surface area contributed by atoms with Crippen LogP contribution in [0.25, 0.3) is 0 Å². The molecule has 0 unspecified atom stereocenters. The molecule has 0 aliphatic carbocycles. The number of hydrogen-bond donors (Lipinski definition) is 0. The standard InChI is InChI=1S/C8H7Br3O2/c1-2-3-4-5(9)7(12)6(10)8(11)13-4/h2-3H2,1H3. The van der Waals surface area contributed by atoms with Crippen LogP contribution in [0.5, 0.6) is 0 Å². The molecule has 1 heterocycles.